The normalized spacial score (nSPS) is 30.9. The van der Waals surface area contributed by atoms with Gasteiger partial charge in [0.2, 0.25) is 0 Å². The second-order valence-electron chi connectivity index (χ2n) is 6.90. The van der Waals surface area contributed by atoms with E-state index < -0.39 is 12.7 Å². The largest absolute Gasteiger partial charge is 0.401 e. The maximum absolute atomic E-state index is 12.8. The fraction of sp³-hybridized carbons (Fsp3) is 1.00. The molecule has 3 unspecified atom stereocenters. The molecule has 3 atom stereocenters. The number of nitrogens with zero attached hydrogens (tertiary/aromatic N) is 1. The Morgan fingerprint density at radius 1 is 1.14 bits per heavy atom. The fourth-order valence-electron chi connectivity index (χ4n) is 3.93. The molecule has 0 spiro atoms. The molecule has 2 fully saturated rings. The third-order valence-corrected chi connectivity index (χ3v) is 5.07. The van der Waals surface area contributed by atoms with Gasteiger partial charge in [-0.3, -0.25) is 4.90 Å². The van der Waals surface area contributed by atoms with Gasteiger partial charge >= 0.3 is 6.18 Å². The van der Waals surface area contributed by atoms with E-state index in [0.29, 0.717) is 24.4 Å². The van der Waals surface area contributed by atoms with Gasteiger partial charge in [-0.25, -0.2) is 0 Å². The summed E-state index contributed by atoms with van der Waals surface area (Å²) in [7, 11) is 1.95. The van der Waals surface area contributed by atoms with Crippen LogP contribution >= 0.6 is 0 Å². The van der Waals surface area contributed by atoms with Crippen LogP contribution in [0.1, 0.15) is 51.9 Å². The molecule has 2 saturated carbocycles. The summed E-state index contributed by atoms with van der Waals surface area (Å²) in [5.41, 5.74) is 0. The molecule has 0 bridgehead atoms. The van der Waals surface area contributed by atoms with Crippen molar-refractivity contribution in [3.05, 3.63) is 0 Å². The van der Waals surface area contributed by atoms with Crippen molar-refractivity contribution < 1.29 is 13.2 Å². The number of rotatable bonds is 7. The molecule has 0 saturated heterocycles. The molecule has 21 heavy (non-hydrogen) atoms. The highest BCUT2D eigenvalue weighted by Crippen LogP contribution is 2.36. The van der Waals surface area contributed by atoms with Crippen molar-refractivity contribution in [1.82, 2.24) is 10.2 Å². The molecule has 0 amide bonds. The van der Waals surface area contributed by atoms with Crippen LogP contribution in [0.5, 0.6) is 0 Å². The van der Waals surface area contributed by atoms with Gasteiger partial charge in [0.25, 0.3) is 0 Å². The van der Waals surface area contributed by atoms with E-state index in [4.69, 9.17) is 0 Å². The smallest absolute Gasteiger partial charge is 0.317 e. The molecule has 0 aromatic rings. The quantitative estimate of drug-likeness (QED) is 0.769. The summed E-state index contributed by atoms with van der Waals surface area (Å²) in [4.78, 5) is 1.70. The maximum Gasteiger partial charge on any atom is 0.401 e. The molecular weight excluding hydrogens is 277 g/mol. The first kappa shape index (κ1) is 17.1. The second-order valence-corrected chi connectivity index (χ2v) is 6.90. The average Bonchev–Trinajstić information content (AvgIpc) is 3.21. The molecular formula is C16H29F3N2. The number of halogens is 3. The lowest BCUT2D eigenvalue weighted by Gasteiger charge is -2.39. The standard InChI is InChI=1S/C16H29F3N2/c1-3-4-12-5-8-15(20-2)13(9-12)10-21(14-6-7-14)11-16(17,18)19/h12-15,20H,3-11H2,1-2H3. The summed E-state index contributed by atoms with van der Waals surface area (Å²) in [6, 6.07) is 0.559. The SMILES string of the molecule is CCCC1CCC(NC)C(CN(CC(F)(F)F)C2CC2)C1. The molecule has 0 aromatic carbocycles. The van der Waals surface area contributed by atoms with Crippen LogP contribution in [0.2, 0.25) is 0 Å². The van der Waals surface area contributed by atoms with E-state index in [0.717, 1.165) is 25.7 Å². The lowest BCUT2D eigenvalue weighted by molar-refractivity contribution is -0.149. The van der Waals surface area contributed by atoms with Crippen molar-refractivity contribution in [2.45, 2.75) is 70.1 Å². The first-order valence-corrected chi connectivity index (χ1v) is 8.41. The number of hydrogen-bond acceptors (Lipinski definition) is 2. The molecule has 0 radical (unpaired) electrons. The van der Waals surface area contributed by atoms with Gasteiger partial charge < -0.3 is 5.32 Å². The van der Waals surface area contributed by atoms with Crippen LogP contribution in [0.3, 0.4) is 0 Å². The fourth-order valence-corrected chi connectivity index (χ4v) is 3.93. The molecule has 0 heterocycles. The van der Waals surface area contributed by atoms with Gasteiger partial charge in [-0.2, -0.15) is 13.2 Å². The maximum atomic E-state index is 12.8. The van der Waals surface area contributed by atoms with Crippen LogP contribution in [0, 0.1) is 11.8 Å². The zero-order valence-electron chi connectivity index (χ0n) is 13.3. The molecule has 5 heteroatoms. The van der Waals surface area contributed by atoms with E-state index in [9.17, 15) is 13.2 Å². The summed E-state index contributed by atoms with van der Waals surface area (Å²) in [5, 5.41) is 3.34. The third-order valence-electron chi connectivity index (χ3n) is 5.07. The van der Waals surface area contributed by atoms with Crippen molar-refractivity contribution >= 4 is 0 Å². The lowest BCUT2D eigenvalue weighted by atomic mass is 9.76. The minimum atomic E-state index is -4.07. The summed E-state index contributed by atoms with van der Waals surface area (Å²) >= 11 is 0. The van der Waals surface area contributed by atoms with E-state index in [1.807, 2.05) is 7.05 Å². The Hall–Kier alpha value is -0.290. The molecule has 2 rings (SSSR count). The van der Waals surface area contributed by atoms with Crippen molar-refractivity contribution in [3.8, 4) is 0 Å². The molecule has 124 valence electrons. The summed E-state index contributed by atoms with van der Waals surface area (Å²) in [5.74, 6) is 1.07. The van der Waals surface area contributed by atoms with Crippen LogP contribution in [-0.4, -0.2) is 43.3 Å². The summed E-state index contributed by atoms with van der Waals surface area (Å²) in [6.07, 6.45) is 3.60. The molecule has 1 N–H and O–H groups in total. The Labute approximate surface area is 126 Å². The number of hydrogen-bond donors (Lipinski definition) is 1. The van der Waals surface area contributed by atoms with E-state index in [1.165, 1.54) is 19.3 Å². The minimum Gasteiger partial charge on any atom is -0.317 e. The van der Waals surface area contributed by atoms with Crippen LogP contribution in [0.15, 0.2) is 0 Å². The van der Waals surface area contributed by atoms with Crippen LogP contribution in [-0.2, 0) is 0 Å². The molecule has 2 aliphatic rings. The Morgan fingerprint density at radius 3 is 2.38 bits per heavy atom. The second kappa shape index (κ2) is 7.32. The van der Waals surface area contributed by atoms with Gasteiger partial charge in [-0.15, -0.1) is 0 Å². The molecule has 0 aliphatic heterocycles. The average molecular weight is 306 g/mol. The van der Waals surface area contributed by atoms with Gasteiger partial charge in [0.05, 0.1) is 6.54 Å². The van der Waals surface area contributed by atoms with Gasteiger partial charge in [0.15, 0.2) is 0 Å². The summed E-state index contributed by atoms with van der Waals surface area (Å²) < 4.78 is 38.3. The van der Waals surface area contributed by atoms with E-state index in [1.54, 1.807) is 4.90 Å². The van der Waals surface area contributed by atoms with Crippen molar-refractivity contribution in [2.75, 3.05) is 20.1 Å². The minimum absolute atomic E-state index is 0.177. The summed E-state index contributed by atoms with van der Waals surface area (Å²) in [6.45, 7) is 2.07. The Morgan fingerprint density at radius 2 is 1.86 bits per heavy atom. The molecule has 0 aromatic heterocycles. The van der Waals surface area contributed by atoms with Crippen molar-refractivity contribution in [3.63, 3.8) is 0 Å². The van der Waals surface area contributed by atoms with E-state index in [-0.39, 0.29) is 6.04 Å². The van der Waals surface area contributed by atoms with Gasteiger partial charge in [0, 0.05) is 18.6 Å². The molecule has 2 nitrogen and oxygen atoms in total. The van der Waals surface area contributed by atoms with Crippen molar-refractivity contribution in [2.24, 2.45) is 11.8 Å². The third kappa shape index (κ3) is 5.44. The Bertz CT molecular complexity index is 315. The highest BCUT2D eigenvalue weighted by Gasteiger charge is 2.40. The monoisotopic (exact) mass is 306 g/mol. The van der Waals surface area contributed by atoms with Gasteiger partial charge in [0.1, 0.15) is 0 Å². The van der Waals surface area contributed by atoms with Crippen LogP contribution in [0.25, 0.3) is 0 Å². The highest BCUT2D eigenvalue weighted by atomic mass is 19.4. The zero-order chi connectivity index (χ0) is 15.5. The Balaban J connectivity index is 1.95. The van der Waals surface area contributed by atoms with Crippen molar-refractivity contribution in [1.29, 1.82) is 0 Å². The van der Waals surface area contributed by atoms with Crippen LogP contribution in [0.4, 0.5) is 13.2 Å². The van der Waals surface area contributed by atoms with E-state index >= 15 is 0 Å². The first-order chi connectivity index (χ1) is 9.93. The van der Waals surface area contributed by atoms with Crippen LogP contribution < -0.4 is 5.32 Å². The predicted octanol–water partition coefficient (Wildman–Crippen LogP) is 3.82. The Kier molecular flexibility index (Phi) is 5.95. The lowest BCUT2D eigenvalue weighted by Crippen LogP contribution is -2.47. The number of alkyl halides is 3. The first-order valence-electron chi connectivity index (χ1n) is 8.41. The topological polar surface area (TPSA) is 15.3 Å². The zero-order valence-corrected chi connectivity index (χ0v) is 13.3. The number of nitrogens with one attached hydrogen (secondary N) is 1. The molecule has 2 aliphatic carbocycles. The van der Waals surface area contributed by atoms with Gasteiger partial charge in [-0.1, -0.05) is 19.8 Å². The highest BCUT2D eigenvalue weighted by molar-refractivity contribution is 4.91. The predicted molar refractivity (Wildman–Crippen MR) is 79.2 cm³/mol. The van der Waals surface area contributed by atoms with Gasteiger partial charge in [-0.05, 0) is 51.0 Å². The van der Waals surface area contributed by atoms with E-state index in [2.05, 4.69) is 12.2 Å².